The van der Waals surface area contributed by atoms with E-state index in [0.717, 1.165) is 4.60 Å². The Bertz CT molecular complexity index is 300. The molecule has 0 saturated carbocycles. The molecule has 1 aromatic rings. The molecule has 0 aliphatic carbocycles. The van der Waals surface area contributed by atoms with Crippen LogP contribution in [0.3, 0.4) is 0 Å². The van der Waals surface area contributed by atoms with Gasteiger partial charge in [0.1, 0.15) is 4.60 Å². The van der Waals surface area contributed by atoms with E-state index in [-0.39, 0.29) is 11.8 Å². The number of carbonyl (C=O) groups excluding carboxylic acids is 1. The van der Waals surface area contributed by atoms with Gasteiger partial charge in [-0.25, -0.2) is 0 Å². The number of hydrogen-bond donors (Lipinski definition) is 1. The molecule has 0 unspecified atom stereocenters. The van der Waals surface area contributed by atoms with E-state index < -0.39 is 0 Å². The highest BCUT2D eigenvalue weighted by Crippen LogP contribution is 2.14. The fourth-order valence-electron chi connectivity index (χ4n) is 0.776. The van der Waals surface area contributed by atoms with Gasteiger partial charge >= 0.3 is 0 Å². The van der Waals surface area contributed by atoms with Gasteiger partial charge in [0, 0.05) is 19.0 Å². The van der Waals surface area contributed by atoms with E-state index in [1.165, 1.54) is 0 Å². The van der Waals surface area contributed by atoms with E-state index in [4.69, 9.17) is 0 Å². The first-order valence-electron chi connectivity index (χ1n) is 4.01. The van der Waals surface area contributed by atoms with E-state index in [2.05, 4.69) is 26.3 Å². The third kappa shape index (κ3) is 2.55. The molecular formula is C8H12BrN3O. The Labute approximate surface area is 85.4 Å². The topological polar surface area (TPSA) is 46.9 Å². The molecule has 0 bridgehead atoms. The second kappa shape index (κ2) is 3.91. The molecule has 1 N–H and O–H groups in total. The van der Waals surface area contributed by atoms with E-state index in [9.17, 15) is 4.79 Å². The highest BCUT2D eigenvalue weighted by atomic mass is 79.9. The lowest BCUT2D eigenvalue weighted by Crippen LogP contribution is -2.18. The second-order valence-corrected chi connectivity index (χ2v) is 3.93. The molecule has 0 atom stereocenters. The molecule has 1 amide bonds. The van der Waals surface area contributed by atoms with Crippen LogP contribution in [0.5, 0.6) is 0 Å². The van der Waals surface area contributed by atoms with Crippen LogP contribution in [-0.2, 0) is 11.8 Å². The van der Waals surface area contributed by atoms with Crippen LogP contribution in [-0.4, -0.2) is 15.7 Å². The van der Waals surface area contributed by atoms with Crippen molar-refractivity contribution in [1.82, 2.24) is 9.78 Å². The van der Waals surface area contributed by atoms with Gasteiger partial charge in [0.15, 0.2) is 5.82 Å². The number of hydrogen-bond acceptors (Lipinski definition) is 2. The maximum absolute atomic E-state index is 11.3. The first kappa shape index (κ1) is 10.2. The van der Waals surface area contributed by atoms with Crippen LogP contribution < -0.4 is 5.32 Å². The Hall–Kier alpha value is -0.840. The van der Waals surface area contributed by atoms with Crippen LogP contribution in [0.25, 0.3) is 0 Å². The number of nitrogens with zero attached hydrogens (tertiary/aromatic N) is 2. The van der Waals surface area contributed by atoms with Crippen molar-refractivity contribution in [3.05, 3.63) is 10.7 Å². The Balaban J connectivity index is 2.70. The summed E-state index contributed by atoms with van der Waals surface area (Å²) in [5.41, 5.74) is 0. The van der Waals surface area contributed by atoms with Gasteiger partial charge in [-0.2, -0.15) is 5.10 Å². The van der Waals surface area contributed by atoms with Gasteiger partial charge in [0.2, 0.25) is 5.91 Å². The summed E-state index contributed by atoms with van der Waals surface area (Å²) in [6.45, 7) is 3.68. The average molecular weight is 246 g/mol. The number of halogens is 1. The zero-order chi connectivity index (χ0) is 10.0. The van der Waals surface area contributed by atoms with Crippen molar-refractivity contribution in [1.29, 1.82) is 0 Å². The van der Waals surface area contributed by atoms with Crippen LogP contribution >= 0.6 is 15.9 Å². The van der Waals surface area contributed by atoms with Gasteiger partial charge in [0.05, 0.1) is 0 Å². The van der Waals surface area contributed by atoms with Crippen LogP contribution in [0, 0.1) is 5.92 Å². The fraction of sp³-hybridized carbons (Fsp3) is 0.500. The van der Waals surface area contributed by atoms with Gasteiger partial charge in [-0.1, -0.05) is 13.8 Å². The van der Waals surface area contributed by atoms with Crippen LogP contribution in [0.4, 0.5) is 5.82 Å². The monoisotopic (exact) mass is 245 g/mol. The second-order valence-electron chi connectivity index (χ2n) is 3.12. The molecule has 1 heterocycles. The molecular weight excluding hydrogens is 234 g/mol. The Morgan fingerprint density at radius 3 is 2.69 bits per heavy atom. The minimum absolute atomic E-state index is 0.0226. The summed E-state index contributed by atoms with van der Waals surface area (Å²) in [5, 5.41) is 6.77. The van der Waals surface area contributed by atoms with Crippen molar-refractivity contribution in [3.8, 4) is 0 Å². The van der Waals surface area contributed by atoms with Gasteiger partial charge in [-0.3, -0.25) is 9.48 Å². The lowest BCUT2D eigenvalue weighted by molar-refractivity contribution is -0.118. The molecule has 72 valence electrons. The number of anilines is 1. The van der Waals surface area contributed by atoms with Gasteiger partial charge < -0.3 is 5.32 Å². The average Bonchev–Trinajstić information content (AvgIpc) is 2.31. The lowest BCUT2D eigenvalue weighted by Gasteiger charge is -2.03. The standard InChI is InChI=1S/C8H12BrN3O/c1-5(2)8(13)10-7-4-6(9)12(3)11-7/h4-5H,1-3H3,(H,10,11,13). The highest BCUT2D eigenvalue weighted by molar-refractivity contribution is 9.10. The lowest BCUT2D eigenvalue weighted by atomic mass is 10.2. The van der Waals surface area contributed by atoms with Crippen molar-refractivity contribution in [2.75, 3.05) is 5.32 Å². The molecule has 0 aliphatic heterocycles. The fourth-order valence-corrected chi connectivity index (χ4v) is 1.07. The number of carbonyl (C=O) groups is 1. The van der Waals surface area contributed by atoms with E-state index in [1.54, 1.807) is 17.8 Å². The third-order valence-electron chi connectivity index (χ3n) is 1.60. The van der Waals surface area contributed by atoms with Crippen LogP contribution in [0.15, 0.2) is 10.7 Å². The molecule has 0 fully saturated rings. The first-order valence-corrected chi connectivity index (χ1v) is 4.80. The van der Waals surface area contributed by atoms with E-state index in [0.29, 0.717) is 5.82 Å². The maximum atomic E-state index is 11.3. The first-order chi connectivity index (χ1) is 6.00. The van der Waals surface area contributed by atoms with Crippen molar-refractivity contribution in [3.63, 3.8) is 0 Å². The summed E-state index contributed by atoms with van der Waals surface area (Å²) < 4.78 is 2.49. The maximum Gasteiger partial charge on any atom is 0.228 e. The summed E-state index contributed by atoms with van der Waals surface area (Å²) in [7, 11) is 1.80. The predicted octanol–water partition coefficient (Wildman–Crippen LogP) is 1.78. The van der Waals surface area contributed by atoms with Crippen LogP contribution in [0.2, 0.25) is 0 Å². The summed E-state index contributed by atoms with van der Waals surface area (Å²) in [4.78, 5) is 11.3. The molecule has 0 aromatic carbocycles. The molecule has 0 aliphatic rings. The Morgan fingerprint density at radius 1 is 1.69 bits per heavy atom. The molecule has 1 aromatic heterocycles. The predicted molar refractivity (Wildman–Crippen MR) is 54.4 cm³/mol. The van der Waals surface area contributed by atoms with Crippen molar-refractivity contribution in [2.24, 2.45) is 13.0 Å². The minimum atomic E-state index is -0.0271. The Morgan fingerprint density at radius 2 is 2.31 bits per heavy atom. The minimum Gasteiger partial charge on any atom is -0.309 e. The van der Waals surface area contributed by atoms with Gasteiger partial charge in [0.25, 0.3) is 0 Å². The summed E-state index contributed by atoms with van der Waals surface area (Å²) in [6.07, 6.45) is 0. The van der Waals surface area contributed by atoms with E-state index >= 15 is 0 Å². The molecule has 5 heteroatoms. The quantitative estimate of drug-likeness (QED) is 0.864. The number of aromatic nitrogens is 2. The number of aryl methyl sites for hydroxylation is 1. The summed E-state index contributed by atoms with van der Waals surface area (Å²) >= 11 is 3.29. The van der Waals surface area contributed by atoms with Crippen molar-refractivity contribution >= 4 is 27.7 Å². The van der Waals surface area contributed by atoms with Crippen molar-refractivity contribution in [2.45, 2.75) is 13.8 Å². The zero-order valence-electron chi connectivity index (χ0n) is 7.84. The molecule has 4 nitrogen and oxygen atoms in total. The van der Waals surface area contributed by atoms with Gasteiger partial charge in [-0.15, -0.1) is 0 Å². The number of rotatable bonds is 2. The smallest absolute Gasteiger partial charge is 0.228 e. The molecule has 0 spiro atoms. The zero-order valence-corrected chi connectivity index (χ0v) is 9.42. The normalized spacial score (nSPS) is 10.5. The van der Waals surface area contributed by atoms with Gasteiger partial charge in [-0.05, 0) is 15.9 Å². The highest BCUT2D eigenvalue weighted by Gasteiger charge is 2.09. The summed E-state index contributed by atoms with van der Waals surface area (Å²) in [6, 6.07) is 1.76. The number of amides is 1. The largest absolute Gasteiger partial charge is 0.309 e. The third-order valence-corrected chi connectivity index (χ3v) is 2.34. The number of nitrogens with one attached hydrogen (secondary N) is 1. The summed E-state index contributed by atoms with van der Waals surface area (Å²) in [5.74, 6) is 0.527. The SMILES string of the molecule is CC(C)C(=O)Nc1cc(Br)n(C)n1. The van der Waals surface area contributed by atoms with E-state index in [1.807, 2.05) is 13.8 Å². The molecule has 1 rings (SSSR count). The Kier molecular flexibility index (Phi) is 3.08. The molecule has 0 saturated heterocycles. The van der Waals surface area contributed by atoms with Crippen molar-refractivity contribution < 1.29 is 4.79 Å². The van der Waals surface area contributed by atoms with Crippen LogP contribution in [0.1, 0.15) is 13.8 Å². The molecule has 0 radical (unpaired) electrons. The molecule has 13 heavy (non-hydrogen) atoms.